The Bertz CT molecular complexity index is 1250. The maximum Gasteiger partial charge on any atom is 0.290 e. The second kappa shape index (κ2) is 10.9. The first kappa shape index (κ1) is 25.5. The number of aryl methyl sites for hydroxylation is 1. The summed E-state index contributed by atoms with van der Waals surface area (Å²) in [5.74, 6) is -3.35. The van der Waals surface area contributed by atoms with E-state index in [2.05, 4.69) is 5.32 Å². The van der Waals surface area contributed by atoms with E-state index in [1.165, 1.54) is 24.3 Å². The van der Waals surface area contributed by atoms with Gasteiger partial charge in [0.2, 0.25) is 0 Å². The van der Waals surface area contributed by atoms with Gasteiger partial charge in [0, 0.05) is 6.54 Å². The molecule has 1 heterocycles. The summed E-state index contributed by atoms with van der Waals surface area (Å²) in [5.41, 5.74) is 0.739. The van der Waals surface area contributed by atoms with Crippen LogP contribution in [0.4, 0.5) is 0 Å². The molecule has 0 fully saturated rings. The van der Waals surface area contributed by atoms with E-state index in [9.17, 15) is 27.9 Å². The van der Waals surface area contributed by atoms with Crippen molar-refractivity contribution in [1.29, 1.82) is 0 Å². The predicted molar refractivity (Wildman–Crippen MR) is 126 cm³/mol. The summed E-state index contributed by atoms with van der Waals surface area (Å²) >= 11 is 11.9. The van der Waals surface area contributed by atoms with Gasteiger partial charge in [-0.1, -0.05) is 47.5 Å². The number of nitrogens with zero attached hydrogens (tertiary/aromatic N) is 1. The number of nitrogens with one attached hydrogen (secondary N) is 2. The zero-order chi connectivity index (χ0) is 24.9. The topological polar surface area (TPSA) is 133 Å². The molecule has 2 aromatic rings. The molecule has 0 unspecified atom stereocenters. The van der Waals surface area contributed by atoms with Gasteiger partial charge in [0.25, 0.3) is 27.7 Å². The first-order valence-corrected chi connectivity index (χ1v) is 12.4. The number of benzene rings is 2. The lowest BCUT2D eigenvalue weighted by Crippen LogP contribution is -2.41. The van der Waals surface area contributed by atoms with Gasteiger partial charge in [0.05, 0.1) is 27.1 Å². The van der Waals surface area contributed by atoms with Gasteiger partial charge in [-0.05, 0) is 42.7 Å². The molecule has 1 aliphatic heterocycles. The van der Waals surface area contributed by atoms with E-state index < -0.39 is 40.0 Å². The van der Waals surface area contributed by atoms with Crippen LogP contribution >= 0.6 is 23.2 Å². The lowest BCUT2D eigenvalue weighted by Gasteiger charge is -2.16. The molecule has 0 saturated carbocycles. The summed E-state index contributed by atoms with van der Waals surface area (Å²) in [4.78, 5) is 37.6. The Morgan fingerprint density at radius 2 is 1.76 bits per heavy atom. The minimum Gasteiger partial charge on any atom is -0.503 e. The highest BCUT2D eigenvalue weighted by Crippen LogP contribution is 2.23. The largest absolute Gasteiger partial charge is 0.503 e. The highest BCUT2D eigenvalue weighted by atomic mass is 35.5. The van der Waals surface area contributed by atoms with Crippen molar-refractivity contribution in [3.63, 3.8) is 0 Å². The summed E-state index contributed by atoms with van der Waals surface area (Å²) in [6.45, 7) is -0.717. The zero-order valence-electron chi connectivity index (χ0n) is 17.8. The average Bonchev–Trinajstić information content (AvgIpc) is 3.07. The molecule has 12 heteroatoms. The minimum atomic E-state index is -4.11. The summed E-state index contributed by atoms with van der Waals surface area (Å²) in [7, 11) is -4.11. The molecule has 0 radical (unpaired) electrons. The normalized spacial score (nSPS) is 13.8. The number of aliphatic hydroxyl groups excluding tert-OH is 1. The Balaban J connectivity index is 1.50. The first-order chi connectivity index (χ1) is 16.1. The van der Waals surface area contributed by atoms with Crippen LogP contribution in [-0.4, -0.2) is 55.8 Å². The molecular formula is C22H21Cl2N3O6S. The van der Waals surface area contributed by atoms with Gasteiger partial charge in [-0.25, -0.2) is 13.1 Å². The second-order valence-electron chi connectivity index (χ2n) is 7.44. The van der Waals surface area contributed by atoms with Crippen LogP contribution in [0, 0.1) is 0 Å². The lowest BCUT2D eigenvalue weighted by molar-refractivity contribution is -0.132. The van der Waals surface area contributed by atoms with E-state index in [4.69, 9.17) is 23.2 Å². The molecular weight excluding hydrogens is 505 g/mol. The summed E-state index contributed by atoms with van der Waals surface area (Å²) in [6, 6.07) is 12.5. The number of rotatable bonds is 9. The quantitative estimate of drug-likeness (QED) is 0.430. The first-order valence-electron chi connectivity index (χ1n) is 10.1. The average molecular weight is 526 g/mol. The molecule has 2 aromatic carbocycles. The maximum absolute atomic E-state index is 12.4. The fourth-order valence-corrected chi connectivity index (χ4v) is 4.55. The number of hydrogen-bond acceptors (Lipinski definition) is 6. The number of aliphatic hydroxyl groups is 1. The molecule has 0 aliphatic carbocycles. The molecule has 180 valence electrons. The van der Waals surface area contributed by atoms with Gasteiger partial charge in [0.1, 0.15) is 6.54 Å². The third kappa shape index (κ3) is 6.28. The van der Waals surface area contributed by atoms with Crippen molar-refractivity contribution in [3.05, 3.63) is 75.5 Å². The molecule has 9 nitrogen and oxygen atoms in total. The second-order valence-corrected chi connectivity index (χ2v) is 9.93. The number of carbonyl (C=O) groups is 3. The van der Waals surface area contributed by atoms with Crippen LogP contribution in [0.15, 0.2) is 64.8 Å². The SMILES string of the molecule is O=C(CN1CC(C(=O)NCCCc2ccc(Cl)c(Cl)c2)=C(O)C1=O)NS(=O)(=O)c1ccccc1. The maximum atomic E-state index is 12.4. The van der Waals surface area contributed by atoms with Gasteiger partial charge in [0.15, 0.2) is 5.76 Å². The Morgan fingerprint density at radius 3 is 2.44 bits per heavy atom. The van der Waals surface area contributed by atoms with Crippen LogP contribution in [0.1, 0.15) is 12.0 Å². The molecule has 0 saturated heterocycles. The van der Waals surface area contributed by atoms with E-state index in [1.807, 2.05) is 10.8 Å². The molecule has 0 atom stereocenters. The van der Waals surface area contributed by atoms with E-state index in [0.717, 1.165) is 10.5 Å². The van der Waals surface area contributed by atoms with Crippen molar-refractivity contribution < 1.29 is 27.9 Å². The van der Waals surface area contributed by atoms with Crippen molar-refractivity contribution >= 4 is 50.9 Å². The monoisotopic (exact) mass is 525 g/mol. The molecule has 3 N–H and O–H groups in total. The summed E-state index contributed by atoms with van der Waals surface area (Å²) < 4.78 is 26.4. The van der Waals surface area contributed by atoms with Crippen molar-refractivity contribution in [2.24, 2.45) is 0 Å². The fourth-order valence-electron chi connectivity index (χ4n) is 3.23. The summed E-state index contributed by atoms with van der Waals surface area (Å²) in [6.07, 6.45) is 1.18. The number of amides is 3. The molecule has 0 aromatic heterocycles. The third-order valence-corrected chi connectivity index (χ3v) is 7.07. The van der Waals surface area contributed by atoms with Gasteiger partial charge < -0.3 is 15.3 Å². The van der Waals surface area contributed by atoms with Crippen LogP contribution in [-0.2, 0) is 30.8 Å². The molecule has 1 aliphatic rings. The number of halogens is 2. The molecule has 3 rings (SSSR count). The van der Waals surface area contributed by atoms with Crippen LogP contribution in [0.5, 0.6) is 0 Å². The number of carbonyl (C=O) groups excluding carboxylic acids is 3. The predicted octanol–water partition coefficient (Wildman–Crippen LogP) is 2.20. The van der Waals surface area contributed by atoms with Crippen LogP contribution in [0.3, 0.4) is 0 Å². The zero-order valence-corrected chi connectivity index (χ0v) is 20.1. The fraction of sp³-hybridized carbons (Fsp3) is 0.227. The van der Waals surface area contributed by atoms with Crippen molar-refractivity contribution in [2.75, 3.05) is 19.6 Å². The highest BCUT2D eigenvalue weighted by Gasteiger charge is 2.35. The van der Waals surface area contributed by atoms with Crippen LogP contribution < -0.4 is 10.0 Å². The van der Waals surface area contributed by atoms with Crippen molar-refractivity contribution in [2.45, 2.75) is 17.7 Å². The number of sulfonamides is 1. The van der Waals surface area contributed by atoms with Gasteiger partial charge in [-0.3, -0.25) is 14.4 Å². The standard InChI is InChI=1S/C22H21Cl2N3O6S/c23-17-9-8-14(11-18(17)24)5-4-10-25-21(30)16-12-27(22(31)20(16)29)13-19(28)26-34(32,33)15-6-2-1-3-7-15/h1-3,6-9,11,29H,4-5,10,12-13H2,(H,25,30)(H,26,28). The van der Waals surface area contributed by atoms with E-state index in [-0.39, 0.29) is 23.6 Å². The molecule has 34 heavy (non-hydrogen) atoms. The Labute approximate surface area is 206 Å². The third-order valence-electron chi connectivity index (χ3n) is 4.95. The minimum absolute atomic E-state index is 0.113. The van der Waals surface area contributed by atoms with Crippen molar-refractivity contribution in [1.82, 2.24) is 14.9 Å². The molecule has 0 spiro atoms. The smallest absolute Gasteiger partial charge is 0.290 e. The summed E-state index contributed by atoms with van der Waals surface area (Å²) in [5, 5.41) is 13.6. The van der Waals surface area contributed by atoms with E-state index >= 15 is 0 Å². The van der Waals surface area contributed by atoms with Gasteiger partial charge >= 0.3 is 0 Å². The van der Waals surface area contributed by atoms with Gasteiger partial charge in [-0.15, -0.1) is 0 Å². The Morgan fingerprint density at radius 1 is 1.06 bits per heavy atom. The van der Waals surface area contributed by atoms with Crippen LogP contribution in [0.25, 0.3) is 0 Å². The molecule has 3 amide bonds. The van der Waals surface area contributed by atoms with E-state index in [0.29, 0.717) is 22.9 Å². The van der Waals surface area contributed by atoms with Crippen molar-refractivity contribution in [3.8, 4) is 0 Å². The highest BCUT2D eigenvalue weighted by molar-refractivity contribution is 7.90. The molecule has 0 bridgehead atoms. The van der Waals surface area contributed by atoms with Crippen LogP contribution in [0.2, 0.25) is 10.0 Å². The Hall–Kier alpha value is -3.08. The number of hydrogen-bond donors (Lipinski definition) is 3. The van der Waals surface area contributed by atoms with E-state index in [1.54, 1.807) is 18.2 Å². The van der Waals surface area contributed by atoms with Gasteiger partial charge in [-0.2, -0.15) is 0 Å². The lowest BCUT2D eigenvalue weighted by atomic mass is 10.1. The Kier molecular flexibility index (Phi) is 8.19.